The Hall–Kier alpha value is -0.830. The molecule has 2 rings (SSSR count). The number of hydrogen-bond donors (Lipinski definition) is 1. The normalized spacial score (nSPS) is 25.6. The number of allylic oxidation sites excluding steroid dienone is 1. The second-order valence-electron chi connectivity index (χ2n) is 6.96. The highest BCUT2D eigenvalue weighted by Gasteiger charge is 2.30. The maximum atomic E-state index is 12.2. The Morgan fingerprint density at radius 3 is 2.32 bits per heavy atom. The van der Waals surface area contributed by atoms with Crippen LogP contribution in [0.15, 0.2) is 12.2 Å². The summed E-state index contributed by atoms with van der Waals surface area (Å²) in [7, 11) is 0. The van der Waals surface area contributed by atoms with Crippen molar-refractivity contribution in [3.05, 3.63) is 12.2 Å². The van der Waals surface area contributed by atoms with Crippen molar-refractivity contribution in [2.75, 3.05) is 13.1 Å². The van der Waals surface area contributed by atoms with Crippen molar-refractivity contribution < 1.29 is 4.79 Å². The van der Waals surface area contributed by atoms with Crippen LogP contribution >= 0.6 is 0 Å². The average molecular weight is 264 g/mol. The van der Waals surface area contributed by atoms with E-state index in [-0.39, 0.29) is 5.41 Å². The number of carbonyl (C=O) groups excluding carboxylic acids is 1. The van der Waals surface area contributed by atoms with Crippen LogP contribution in [0, 0.1) is 5.41 Å². The van der Waals surface area contributed by atoms with Crippen molar-refractivity contribution in [1.82, 2.24) is 10.2 Å². The molecule has 0 bridgehead atoms. The van der Waals surface area contributed by atoms with Gasteiger partial charge < -0.3 is 10.2 Å². The summed E-state index contributed by atoms with van der Waals surface area (Å²) in [6.07, 6.45) is 10.4. The average Bonchev–Trinajstić information content (AvgIpc) is 2.39. The first-order valence-corrected chi connectivity index (χ1v) is 7.67. The first kappa shape index (κ1) is 14.6. The quantitative estimate of drug-likeness (QED) is 0.778. The van der Waals surface area contributed by atoms with E-state index in [4.69, 9.17) is 0 Å². The molecule has 19 heavy (non-hydrogen) atoms. The van der Waals surface area contributed by atoms with Crippen molar-refractivity contribution in [2.24, 2.45) is 5.41 Å². The fraction of sp³-hybridized carbons (Fsp3) is 0.812. The highest BCUT2D eigenvalue weighted by Crippen LogP contribution is 2.22. The highest BCUT2D eigenvalue weighted by atomic mass is 16.2. The summed E-state index contributed by atoms with van der Waals surface area (Å²) in [5.41, 5.74) is -0.242. The summed E-state index contributed by atoms with van der Waals surface area (Å²) in [5, 5.41) is 3.77. The molecule has 0 unspecified atom stereocenters. The van der Waals surface area contributed by atoms with E-state index in [1.54, 1.807) is 0 Å². The van der Waals surface area contributed by atoms with E-state index in [2.05, 4.69) is 17.5 Å². The van der Waals surface area contributed by atoms with Crippen LogP contribution in [0.2, 0.25) is 0 Å². The van der Waals surface area contributed by atoms with E-state index in [1.165, 1.54) is 19.3 Å². The fourth-order valence-corrected chi connectivity index (χ4v) is 3.00. The predicted octanol–water partition coefficient (Wildman–Crippen LogP) is 2.72. The van der Waals surface area contributed by atoms with Gasteiger partial charge in [0.2, 0.25) is 5.91 Å². The molecule has 1 aliphatic carbocycles. The number of nitrogens with zero attached hydrogens (tertiary/aromatic N) is 1. The molecule has 0 radical (unpaired) electrons. The van der Waals surface area contributed by atoms with Crippen molar-refractivity contribution in [2.45, 2.75) is 65.0 Å². The van der Waals surface area contributed by atoms with Crippen molar-refractivity contribution in [1.29, 1.82) is 0 Å². The monoisotopic (exact) mass is 264 g/mol. The van der Waals surface area contributed by atoms with E-state index >= 15 is 0 Å². The van der Waals surface area contributed by atoms with Gasteiger partial charge in [0.25, 0.3) is 0 Å². The molecule has 0 aromatic heterocycles. The summed E-state index contributed by atoms with van der Waals surface area (Å²) in [4.78, 5) is 14.3. The van der Waals surface area contributed by atoms with Crippen LogP contribution in [0.4, 0.5) is 0 Å². The van der Waals surface area contributed by atoms with Crippen LogP contribution in [0.25, 0.3) is 0 Å². The minimum atomic E-state index is -0.242. The Kier molecular flexibility index (Phi) is 4.67. The van der Waals surface area contributed by atoms with Gasteiger partial charge in [-0.2, -0.15) is 0 Å². The Labute approximate surface area is 117 Å². The number of nitrogens with one attached hydrogen (secondary N) is 1. The second kappa shape index (κ2) is 6.08. The Morgan fingerprint density at radius 1 is 1.11 bits per heavy atom. The largest absolute Gasteiger partial charge is 0.342 e. The van der Waals surface area contributed by atoms with Crippen LogP contribution in [0.3, 0.4) is 0 Å². The fourth-order valence-electron chi connectivity index (χ4n) is 3.00. The second-order valence-corrected chi connectivity index (χ2v) is 6.96. The molecule has 1 N–H and O–H groups in total. The van der Waals surface area contributed by atoms with Gasteiger partial charge in [-0.05, 0) is 32.1 Å². The lowest BCUT2D eigenvalue weighted by atomic mass is 9.92. The number of rotatable bonds is 2. The van der Waals surface area contributed by atoms with Crippen LogP contribution < -0.4 is 5.32 Å². The van der Waals surface area contributed by atoms with Gasteiger partial charge in [-0.15, -0.1) is 0 Å². The van der Waals surface area contributed by atoms with Gasteiger partial charge in [-0.3, -0.25) is 4.79 Å². The third-order valence-corrected chi connectivity index (χ3v) is 4.16. The number of hydrogen-bond acceptors (Lipinski definition) is 2. The maximum absolute atomic E-state index is 12.2. The van der Waals surface area contributed by atoms with E-state index in [0.717, 1.165) is 25.9 Å². The van der Waals surface area contributed by atoms with E-state index in [9.17, 15) is 4.79 Å². The highest BCUT2D eigenvalue weighted by molar-refractivity contribution is 5.81. The minimum absolute atomic E-state index is 0.242. The third-order valence-electron chi connectivity index (χ3n) is 4.16. The van der Waals surface area contributed by atoms with Crippen LogP contribution in [0.1, 0.15) is 52.9 Å². The molecule has 1 heterocycles. The number of likely N-dealkylation sites (tertiary alicyclic amines) is 1. The molecular weight excluding hydrogens is 236 g/mol. The topological polar surface area (TPSA) is 32.3 Å². The molecular formula is C16H28N2O. The van der Waals surface area contributed by atoms with Gasteiger partial charge in [0.15, 0.2) is 0 Å². The van der Waals surface area contributed by atoms with Gasteiger partial charge in [0.1, 0.15) is 0 Å². The van der Waals surface area contributed by atoms with Crippen LogP contribution in [-0.2, 0) is 4.79 Å². The molecule has 2 aliphatic rings. The lowest BCUT2D eigenvalue weighted by Crippen LogP contribution is -2.50. The molecule has 1 fully saturated rings. The van der Waals surface area contributed by atoms with Gasteiger partial charge in [0, 0.05) is 30.6 Å². The van der Waals surface area contributed by atoms with E-state index in [0.29, 0.717) is 18.0 Å². The molecule has 1 amide bonds. The standard InChI is InChI=1S/C16H28N2O/c1-16(2,3)15(19)18-11-9-14(10-12-18)17-13-7-5-4-6-8-13/h4-5,13-14,17H,6-12H2,1-3H3/t13-/m0/s1. The Balaban J connectivity index is 1.76. The molecule has 0 spiro atoms. The number of piperidine rings is 1. The molecule has 1 atom stereocenters. The number of amides is 1. The smallest absolute Gasteiger partial charge is 0.227 e. The molecule has 0 saturated carbocycles. The summed E-state index contributed by atoms with van der Waals surface area (Å²) in [5.74, 6) is 0.298. The first-order chi connectivity index (χ1) is 8.97. The molecule has 1 aliphatic heterocycles. The Morgan fingerprint density at radius 2 is 1.79 bits per heavy atom. The molecule has 108 valence electrons. The Bertz CT molecular complexity index is 335. The van der Waals surface area contributed by atoms with Gasteiger partial charge in [-0.1, -0.05) is 32.9 Å². The summed E-state index contributed by atoms with van der Waals surface area (Å²) in [6.45, 7) is 7.85. The summed E-state index contributed by atoms with van der Waals surface area (Å²) < 4.78 is 0. The molecule has 0 aromatic carbocycles. The number of carbonyl (C=O) groups is 1. The lowest BCUT2D eigenvalue weighted by molar-refractivity contribution is -0.140. The lowest BCUT2D eigenvalue weighted by Gasteiger charge is -2.37. The first-order valence-electron chi connectivity index (χ1n) is 7.67. The summed E-state index contributed by atoms with van der Waals surface area (Å²) >= 11 is 0. The molecule has 0 aromatic rings. The van der Waals surface area contributed by atoms with Gasteiger partial charge >= 0.3 is 0 Å². The van der Waals surface area contributed by atoms with Crippen LogP contribution in [0.5, 0.6) is 0 Å². The van der Waals surface area contributed by atoms with Gasteiger partial charge in [0.05, 0.1) is 0 Å². The van der Waals surface area contributed by atoms with E-state index < -0.39 is 0 Å². The molecule has 1 saturated heterocycles. The van der Waals surface area contributed by atoms with Crippen molar-refractivity contribution in [3.63, 3.8) is 0 Å². The summed E-state index contributed by atoms with van der Waals surface area (Å²) in [6, 6.07) is 1.25. The molecule has 3 heteroatoms. The zero-order chi connectivity index (χ0) is 13.9. The SMILES string of the molecule is CC(C)(C)C(=O)N1CCC(N[C@H]2CC=CCC2)CC1. The van der Waals surface area contributed by atoms with Crippen molar-refractivity contribution >= 4 is 5.91 Å². The third kappa shape index (κ3) is 4.07. The van der Waals surface area contributed by atoms with Crippen molar-refractivity contribution in [3.8, 4) is 0 Å². The maximum Gasteiger partial charge on any atom is 0.227 e. The van der Waals surface area contributed by atoms with Crippen LogP contribution in [-0.4, -0.2) is 36.0 Å². The minimum Gasteiger partial charge on any atom is -0.342 e. The zero-order valence-corrected chi connectivity index (χ0v) is 12.6. The predicted molar refractivity (Wildman–Crippen MR) is 79.0 cm³/mol. The molecule has 3 nitrogen and oxygen atoms in total. The van der Waals surface area contributed by atoms with E-state index in [1.807, 2.05) is 25.7 Å². The zero-order valence-electron chi connectivity index (χ0n) is 12.6. The van der Waals surface area contributed by atoms with Gasteiger partial charge in [-0.25, -0.2) is 0 Å².